The Kier molecular flexibility index (Phi) is 23.6. The molecule has 0 aromatic rings. The normalized spacial score (nSPS) is 7.40. The molecule has 84 valence electrons. The third-order valence-corrected chi connectivity index (χ3v) is 0.243. The Morgan fingerprint density at radius 2 is 1.60 bits per heavy atom. The molecule has 0 aromatic carbocycles. The number of carbonyl (C=O) groups is 1. The number of thiocyanates is 1. The fourth-order valence-electron chi connectivity index (χ4n) is 0. The van der Waals surface area contributed by atoms with E-state index in [0.717, 1.165) is 0 Å². The van der Waals surface area contributed by atoms with Gasteiger partial charge >= 0.3 is 81.0 Å². The Bertz CT molecular complexity index is 230. The Balaban J connectivity index is -0.0000000393. The minimum atomic E-state index is -5.08. The maximum Gasteiger partial charge on any atom is 1.00 e. The van der Waals surface area contributed by atoms with Gasteiger partial charge in [0, 0.05) is 0 Å². The smallest absolute Gasteiger partial charge is 1.00 e. The Morgan fingerprint density at radius 3 is 1.60 bits per heavy atom. The molecular weight excluding hydrogens is 358 g/mol. The van der Waals surface area contributed by atoms with Crippen molar-refractivity contribution in [3.8, 4) is 5.40 Å². The zero-order valence-corrected chi connectivity index (χ0v) is 14.7. The second-order valence-electron chi connectivity index (χ2n) is 1.36. The second-order valence-corrected chi connectivity index (χ2v) is 1.56. The van der Waals surface area contributed by atoms with Crippen LogP contribution >= 0.6 is 12.6 Å². The van der Waals surface area contributed by atoms with Crippen molar-refractivity contribution in [3.05, 3.63) is 0 Å². The second kappa shape index (κ2) is 14.4. The van der Waals surface area contributed by atoms with E-state index in [1.165, 1.54) is 5.40 Å². The van der Waals surface area contributed by atoms with Crippen LogP contribution in [0.25, 0.3) is 0 Å². The van der Waals surface area contributed by atoms with Crippen molar-refractivity contribution < 1.29 is 93.4 Å². The predicted octanol–water partition coefficient (Wildman–Crippen LogP) is -3.01. The minimum Gasteiger partial charge on any atom is -1.00 e. The number of nitrogens with one attached hydrogen (secondary N) is 1. The molecule has 0 aliphatic carbocycles. The fraction of sp³-hybridized carbons (Fsp3) is 0.250. The number of alkyl halides is 3. The van der Waals surface area contributed by atoms with Crippen molar-refractivity contribution in [2.75, 3.05) is 0 Å². The van der Waals surface area contributed by atoms with Crippen molar-refractivity contribution in [2.45, 2.75) is 6.18 Å². The van der Waals surface area contributed by atoms with E-state index in [2.05, 4.69) is 24.1 Å². The summed E-state index contributed by atoms with van der Waals surface area (Å²) in [5.74, 6) is -3.09. The Labute approximate surface area is 149 Å². The van der Waals surface area contributed by atoms with Crippen molar-refractivity contribution in [1.82, 2.24) is 0 Å². The van der Waals surface area contributed by atoms with E-state index in [1.807, 2.05) is 0 Å². The first-order valence-electron chi connectivity index (χ1n) is 2.52. The summed E-state index contributed by atoms with van der Waals surface area (Å²) in [4.78, 5) is 8.90. The molecule has 0 saturated heterocycles. The standard InChI is InChI=1S/C2HF3O2.CH5N3.CHNS.Cs.H/c3-2(4,5)1(6)7;2-1(3)4;2-1-3;;/h(H,6,7);(H5,2,3,4);3H;;/q;;;+1;-1. The summed E-state index contributed by atoms with van der Waals surface area (Å²) in [7, 11) is 0. The first kappa shape index (κ1) is 24.6. The van der Waals surface area contributed by atoms with Crippen LogP contribution in [0.2, 0.25) is 0 Å². The number of rotatable bonds is 0. The molecule has 6 nitrogen and oxygen atoms in total. The molecule has 6 N–H and O–H groups in total. The van der Waals surface area contributed by atoms with Crippen LogP contribution in [-0.4, -0.2) is 23.2 Å². The van der Waals surface area contributed by atoms with Gasteiger partial charge in [-0.3, -0.25) is 5.41 Å². The largest absolute Gasteiger partial charge is 1.00 e. The molecule has 15 heavy (non-hydrogen) atoms. The average Bonchev–Trinajstić information content (AvgIpc) is 1.84. The van der Waals surface area contributed by atoms with Crippen LogP contribution in [0, 0.1) is 16.1 Å². The molecule has 0 aliphatic rings. The molecule has 0 atom stereocenters. The fourth-order valence-corrected chi connectivity index (χ4v) is 0. The van der Waals surface area contributed by atoms with Gasteiger partial charge in [0.05, 0.1) is 0 Å². The maximum absolute atomic E-state index is 10.6. The number of nitrogens with zero attached hydrogens (tertiary/aromatic N) is 1. The van der Waals surface area contributed by atoms with Gasteiger partial charge in [-0.1, -0.05) is 12.6 Å². The van der Waals surface area contributed by atoms with Gasteiger partial charge in [-0.05, 0) is 0 Å². The molecule has 0 rings (SSSR count). The SMILES string of the molecule is N#CS.N=C(N)N.O=C(O)C(F)(F)F.[Cs+].[H-]. The van der Waals surface area contributed by atoms with Crippen molar-refractivity contribution in [3.63, 3.8) is 0 Å². The number of nitrogens with two attached hydrogens (primary N) is 2. The van der Waals surface area contributed by atoms with Crippen LogP contribution in [0.5, 0.6) is 0 Å². The third-order valence-electron chi connectivity index (χ3n) is 0.243. The van der Waals surface area contributed by atoms with Gasteiger partial charge in [0.15, 0.2) is 5.96 Å². The first-order valence-corrected chi connectivity index (χ1v) is 2.97. The van der Waals surface area contributed by atoms with E-state index in [0.29, 0.717) is 0 Å². The molecule has 0 amide bonds. The van der Waals surface area contributed by atoms with E-state index >= 15 is 0 Å². The molecule has 11 heteroatoms. The van der Waals surface area contributed by atoms with Gasteiger partial charge in [0.2, 0.25) is 0 Å². The van der Waals surface area contributed by atoms with Crippen molar-refractivity contribution in [1.29, 1.82) is 10.7 Å². The Hall–Kier alpha value is 0.422. The number of carboxylic acids is 1. The molecule has 0 radical (unpaired) electrons. The molecule has 0 aromatic heterocycles. The number of guanidine groups is 1. The van der Waals surface area contributed by atoms with E-state index < -0.39 is 12.1 Å². The molecule has 0 spiro atoms. The van der Waals surface area contributed by atoms with Crippen LogP contribution in [-0.2, 0) is 4.79 Å². The summed E-state index contributed by atoms with van der Waals surface area (Å²) in [6.07, 6.45) is -5.08. The zero-order chi connectivity index (χ0) is 12.4. The monoisotopic (exact) mass is 366 g/mol. The number of thiol groups is 1. The summed E-state index contributed by atoms with van der Waals surface area (Å²) in [6.45, 7) is 0. The minimum absolute atomic E-state index is 0. The van der Waals surface area contributed by atoms with Gasteiger partial charge in [-0.25, -0.2) is 4.79 Å². The maximum atomic E-state index is 10.6. The van der Waals surface area contributed by atoms with Crippen LogP contribution in [0.3, 0.4) is 0 Å². The molecule has 0 saturated carbocycles. The molecular formula is C4H8CsF3N4O2S. The molecule has 0 fully saturated rings. The zero-order valence-electron chi connectivity index (χ0n) is 8.54. The van der Waals surface area contributed by atoms with Gasteiger partial charge in [-0.2, -0.15) is 18.4 Å². The summed E-state index contributed by atoms with van der Waals surface area (Å²) < 4.78 is 31.7. The van der Waals surface area contributed by atoms with Crippen molar-refractivity contribution in [2.24, 2.45) is 11.5 Å². The quantitative estimate of drug-likeness (QED) is 0.135. The molecule has 0 unspecified atom stereocenters. The summed E-state index contributed by atoms with van der Waals surface area (Å²) in [6, 6.07) is 0. The molecule has 0 bridgehead atoms. The summed E-state index contributed by atoms with van der Waals surface area (Å²) in [5.41, 5.74) is 8.94. The first-order chi connectivity index (χ1) is 6.09. The predicted molar refractivity (Wildman–Crippen MR) is 45.5 cm³/mol. The number of aliphatic carboxylic acids is 1. The van der Waals surface area contributed by atoms with Crippen LogP contribution in [0.15, 0.2) is 0 Å². The average molecular weight is 366 g/mol. The van der Waals surface area contributed by atoms with Crippen LogP contribution in [0.1, 0.15) is 1.43 Å². The van der Waals surface area contributed by atoms with Gasteiger partial charge in [0.25, 0.3) is 0 Å². The summed E-state index contributed by atoms with van der Waals surface area (Å²) in [5, 5.41) is 21.8. The van der Waals surface area contributed by atoms with Crippen molar-refractivity contribution >= 4 is 24.6 Å². The van der Waals surface area contributed by atoms with Crippen LogP contribution < -0.4 is 80.4 Å². The molecule has 0 heterocycles. The van der Waals surface area contributed by atoms with Gasteiger partial charge < -0.3 is 18.0 Å². The van der Waals surface area contributed by atoms with E-state index in [1.54, 1.807) is 0 Å². The number of hydrogen-bond donors (Lipinski definition) is 5. The number of nitriles is 1. The van der Waals surface area contributed by atoms with E-state index in [-0.39, 0.29) is 76.3 Å². The third kappa shape index (κ3) is 54.0. The topological polar surface area (TPSA) is 137 Å². The number of carboxylic acid groups (broad SMARTS) is 1. The van der Waals surface area contributed by atoms with Crippen LogP contribution in [0.4, 0.5) is 13.2 Å². The molecule has 0 aliphatic heterocycles. The number of halogens is 3. The van der Waals surface area contributed by atoms with Gasteiger partial charge in [-0.15, -0.1) is 0 Å². The van der Waals surface area contributed by atoms with E-state index in [9.17, 15) is 13.2 Å². The number of hydrogen-bond acceptors (Lipinski definition) is 4. The van der Waals surface area contributed by atoms with E-state index in [4.69, 9.17) is 20.6 Å². The summed E-state index contributed by atoms with van der Waals surface area (Å²) >= 11 is 3.09. The Morgan fingerprint density at radius 1 is 1.53 bits per heavy atom. The van der Waals surface area contributed by atoms with Gasteiger partial charge in [0.1, 0.15) is 5.40 Å².